The summed E-state index contributed by atoms with van der Waals surface area (Å²) >= 11 is 3.40. The van der Waals surface area contributed by atoms with Crippen LogP contribution < -0.4 is 5.73 Å². The molecule has 0 aliphatic carbocycles. The summed E-state index contributed by atoms with van der Waals surface area (Å²) in [7, 11) is -0.937. The Morgan fingerprint density at radius 1 is 1.50 bits per heavy atom. The molecule has 1 aromatic rings. The molecule has 0 heterocycles. The Morgan fingerprint density at radius 2 is 2.19 bits per heavy atom. The van der Waals surface area contributed by atoms with Gasteiger partial charge in [-0.1, -0.05) is 26.7 Å². The zero-order chi connectivity index (χ0) is 12.1. The van der Waals surface area contributed by atoms with Gasteiger partial charge in [-0.2, -0.15) is 0 Å². The van der Waals surface area contributed by atoms with Crippen LogP contribution >= 0.6 is 15.9 Å². The van der Waals surface area contributed by atoms with E-state index in [2.05, 4.69) is 29.8 Å². The van der Waals surface area contributed by atoms with Gasteiger partial charge < -0.3 is 5.73 Å². The summed E-state index contributed by atoms with van der Waals surface area (Å²) in [4.78, 5) is 0.845. The first kappa shape index (κ1) is 13.7. The highest BCUT2D eigenvalue weighted by molar-refractivity contribution is 9.10. The number of hydrogen-bond donors (Lipinski definition) is 1. The average molecular weight is 304 g/mol. The Balaban J connectivity index is 2.73. The fourth-order valence-electron chi connectivity index (χ4n) is 1.63. The van der Waals surface area contributed by atoms with E-state index in [1.54, 1.807) is 12.1 Å². The van der Waals surface area contributed by atoms with E-state index in [0.29, 0.717) is 11.6 Å². The number of anilines is 1. The van der Waals surface area contributed by atoms with Gasteiger partial charge >= 0.3 is 0 Å². The molecule has 0 aliphatic rings. The van der Waals surface area contributed by atoms with Crippen molar-refractivity contribution in [2.45, 2.75) is 31.6 Å². The van der Waals surface area contributed by atoms with Crippen LogP contribution in [0.4, 0.5) is 5.69 Å². The molecule has 4 heteroatoms. The van der Waals surface area contributed by atoms with Crippen LogP contribution in [0.2, 0.25) is 0 Å². The molecule has 0 saturated heterocycles. The van der Waals surface area contributed by atoms with Gasteiger partial charge in [0.1, 0.15) is 0 Å². The van der Waals surface area contributed by atoms with Crippen molar-refractivity contribution in [2.75, 3.05) is 11.5 Å². The minimum Gasteiger partial charge on any atom is -0.399 e. The van der Waals surface area contributed by atoms with E-state index in [9.17, 15) is 4.21 Å². The van der Waals surface area contributed by atoms with Gasteiger partial charge in [0.15, 0.2) is 0 Å². The lowest BCUT2D eigenvalue weighted by atomic mass is 10.1. The zero-order valence-electron chi connectivity index (χ0n) is 9.70. The van der Waals surface area contributed by atoms with E-state index >= 15 is 0 Å². The highest BCUT2D eigenvalue weighted by atomic mass is 79.9. The smallest absolute Gasteiger partial charge is 0.0543 e. The normalized spacial score (nSPS) is 14.7. The molecule has 16 heavy (non-hydrogen) atoms. The minimum absolute atomic E-state index is 0.496. The van der Waals surface area contributed by atoms with Gasteiger partial charge in [-0.3, -0.25) is 4.21 Å². The fourth-order valence-corrected chi connectivity index (χ4v) is 3.92. The largest absolute Gasteiger partial charge is 0.399 e. The lowest BCUT2D eigenvalue weighted by Gasteiger charge is -2.11. The molecule has 2 unspecified atom stereocenters. The van der Waals surface area contributed by atoms with E-state index in [4.69, 9.17) is 5.73 Å². The first-order chi connectivity index (χ1) is 7.54. The van der Waals surface area contributed by atoms with Crippen LogP contribution in [0.25, 0.3) is 0 Å². The molecule has 1 rings (SSSR count). The fraction of sp³-hybridized carbons (Fsp3) is 0.500. The van der Waals surface area contributed by atoms with E-state index < -0.39 is 10.8 Å². The summed E-state index contributed by atoms with van der Waals surface area (Å²) < 4.78 is 12.9. The van der Waals surface area contributed by atoms with Gasteiger partial charge in [-0.05, 0) is 40.0 Å². The Bertz CT molecular complexity index is 381. The summed E-state index contributed by atoms with van der Waals surface area (Å²) in [5, 5.41) is 0. The molecule has 2 nitrogen and oxygen atoms in total. The predicted molar refractivity (Wildman–Crippen MR) is 73.9 cm³/mol. The van der Waals surface area contributed by atoms with Crippen molar-refractivity contribution >= 4 is 32.4 Å². The molecule has 90 valence electrons. The molecule has 0 radical (unpaired) electrons. The van der Waals surface area contributed by atoms with E-state index in [1.807, 2.05) is 6.07 Å². The maximum atomic E-state index is 12.1. The molecule has 0 spiro atoms. The molecule has 0 amide bonds. The minimum atomic E-state index is -0.937. The van der Waals surface area contributed by atoms with Crippen LogP contribution in [0.3, 0.4) is 0 Å². The monoisotopic (exact) mass is 303 g/mol. The maximum Gasteiger partial charge on any atom is 0.0543 e. The Kier molecular flexibility index (Phi) is 5.49. The third-order valence-electron chi connectivity index (χ3n) is 2.42. The van der Waals surface area contributed by atoms with Crippen LogP contribution in [0.5, 0.6) is 0 Å². The van der Waals surface area contributed by atoms with Crippen LogP contribution in [-0.4, -0.2) is 9.96 Å². The summed E-state index contributed by atoms with van der Waals surface area (Å²) in [6.07, 6.45) is 2.26. The first-order valence-electron chi connectivity index (χ1n) is 5.48. The molecule has 0 saturated carbocycles. The van der Waals surface area contributed by atoms with Crippen molar-refractivity contribution in [3.8, 4) is 0 Å². The van der Waals surface area contributed by atoms with E-state index in [-0.39, 0.29) is 0 Å². The van der Waals surface area contributed by atoms with Crippen molar-refractivity contribution in [1.82, 2.24) is 0 Å². The van der Waals surface area contributed by atoms with Crippen molar-refractivity contribution in [3.05, 3.63) is 22.7 Å². The molecular weight excluding hydrogens is 286 g/mol. The zero-order valence-corrected chi connectivity index (χ0v) is 12.1. The average Bonchev–Trinajstić information content (AvgIpc) is 2.17. The summed E-state index contributed by atoms with van der Waals surface area (Å²) in [5.74, 6) is 1.21. The standard InChI is InChI=1S/C12H18BrNOS/c1-3-4-9(2)8-16(15)12-6-5-10(14)7-11(12)13/h5-7,9H,3-4,8,14H2,1-2H3. The second-order valence-corrected chi connectivity index (χ2v) is 6.41. The molecule has 2 atom stereocenters. The quantitative estimate of drug-likeness (QED) is 0.845. The van der Waals surface area contributed by atoms with Crippen molar-refractivity contribution in [3.63, 3.8) is 0 Å². The summed E-state index contributed by atoms with van der Waals surface area (Å²) in [6.45, 7) is 4.30. The molecule has 0 aromatic heterocycles. The number of benzene rings is 1. The highest BCUT2D eigenvalue weighted by Crippen LogP contribution is 2.24. The third-order valence-corrected chi connectivity index (χ3v) is 5.06. The van der Waals surface area contributed by atoms with Crippen LogP contribution in [0, 0.1) is 5.92 Å². The summed E-state index contributed by atoms with van der Waals surface area (Å²) in [6, 6.07) is 5.44. The van der Waals surface area contributed by atoms with Gasteiger partial charge in [0.2, 0.25) is 0 Å². The lowest BCUT2D eigenvalue weighted by molar-refractivity contribution is 0.574. The van der Waals surface area contributed by atoms with Crippen molar-refractivity contribution in [1.29, 1.82) is 0 Å². The van der Waals surface area contributed by atoms with Crippen molar-refractivity contribution < 1.29 is 4.21 Å². The second-order valence-electron chi connectivity index (χ2n) is 4.10. The lowest BCUT2D eigenvalue weighted by Crippen LogP contribution is -2.08. The Hall–Kier alpha value is -0.350. The number of nitrogen functional groups attached to an aromatic ring is 1. The maximum absolute atomic E-state index is 12.1. The van der Waals surface area contributed by atoms with Crippen LogP contribution in [-0.2, 0) is 10.8 Å². The summed E-state index contributed by atoms with van der Waals surface area (Å²) in [5.41, 5.74) is 6.34. The molecule has 1 aromatic carbocycles. The van der Waals surface area contributed by atoms with Crippen LogP contribution in [0.1, 0.15) is 26.7 Å². The Morgan fingerprint density at radius 3 is 2.75 bits per heavy atom. The first-order valence-corrected chi connectivity index (χ1v) is 7.59. The number of nitrogens with two attached hydrogens (primary N) is 1. The third kappa shape index (κ3) is 3.91. The number of hydrogen-bond acceptors (Lipinski definition) is 2. The van der Waals surface area contributed by atoms with Crippen molar-refractivity contribution in [2.24, 2.45) is 5.92 Å². The van der Waals surface area contributed by atoms with E-state index in [1.165, 1.54) is 0 Å². The predicted octanol–water partition coefficient (Wildman–Crippen LogP) is 3.58. The van der Waals surface area contributed by atoms with Gasteiger partial charge in [-0.25, -0.2) is 0 Å². The van der Waals surface area contributed by atoms with E-state index in [0.717, 1.165) is 28.0 Å². The number of halogens is 1. The molecule has 0 aliphatic heterocycles. The van der Waals surface area contributed by atoms with Gasteiger partial charge in [0, 0.05) is 15.9 Å². The number of rotatable bonds is 5. The highest BCUT2D eigenvalue weighted by Gasteiger charge is 2.12. The van der Waals surface area contributed by atoms with Gasteiger partial charge in [-0.15, -0.1) is 0 Å². The molecule has 2 N–H and O–H groups in total. The molecule has 0 fully saturated rings. The van der Waals surface area contributed by atoms with Crippen LogP contribution in [0.15, 0.2) is 27.6 Å². The SMILES string of the molecule is CCCC(C)CS(=O)c1ccc(N)cc1Br. The van der Waals surface area contributed by atoms with Gasteiger partial charge in [0.05, 0.1) is 15.7 Å². The topological polar surface area (TPSA) is 43.1 Å². The second kappa shape index (κ2) is 6.40. The molecular formula is C12H18BrNOS. The molecule has 0 bridgehead atoms. The Labute approximate surface area is 108 Å². The van der Waals surface area contributed by atoms with Gasteiger partial charge in [0.25, 0.3) is 0 Å².